The van der Waals surface area contributed by atoms with Crippen LogP contribution in [-0.2, 0) is 25.7 Å². The van der Waals surface area contributed by atoms with E-state index in [-0.39, 0.29) is 12.5 Å². The second kappa shape index (κ2) is 8.63. The molecular weight excluding hydrogens is 360 g/mol. The predicted molar refractivity (Wildman–Crippen MR) is 104 cm³/mol. The molecule has 2 amide bonds. The molecule has 1 atom stereocenters. The number of nitrogens with one attached hydrogen (secondary N) is 1. The van der Waals surface area contributed by atoms with Gasteiger partial charge in [0.25, 0.3) is 0 Å². The Bertz CT molecular complexity index is 709. The molecule has 0 saturated carbocycles. The first kappa shape index (κ1) is 21.7. The zero-order chi connectivity index (χ0) is 20.9. The van der Waals surface area contributed by atoms with Crippen LogP contribution in [0.25, 0.3) is 0 Å². The molecule has 0 bridgehead atoms. The van der Waals surface area contributed by atoms with Crippen molar-refractivity contribution in [2.45, 2.75) is 71.2 Å². The van der Waals surface area contributed by atoms with Crippen LogP contribution in [0.3, 0.4) is 0 Å². The summed E-state index contributed by atoms with van der Waals surface area (Å²) < 4.78 is 10.6. The number of hydrogen-bond donors (Lipinski definition) is 1. The molecule has 2 rings (SSSR count). The summed E-state index contributed by atoms with van der Waals surface area (Å²) in [6, 6.07) is 8.65. The van der Waals surface area contributed by atoms with Crippen molar-refractivity contribution in [1.29, 1.82) is 0 Å². The van der Waals surface area contributed by atoms with E-state index in [1.165, 1.54) is 4.90 Å². The number of rotatable bonds is 5. The van der Waals surface area contributed by atoms with Crippen molar-refractivity contribution in [2.24, 2.45) is 0 Å². The lowest BCUT2D eigenvalue weighted by Crippen LogP contribution is -2.58. The third-order valence-electron chi connectivity index (χ3n) is 4.35. The van der Waals surface area contributed by atoms with Gasteiger partial charge in [-0.05, 0) is 53.0 Å². The average molecular weight is 390 g/mol. The second-order valence-electron chi connectivity index (χ2n) is 8.50. The van der Waals surface area contributed by atoms with E-state index in [0.717, 1.165) is 5.56 Å². The van der Waals surface area contributed by atoms with Crippen molar-refractivity contribution >= 4 is 18.0 Å². The molecule has 0 aromatic heterocycles. The van der Waals surface area contributed by atoms with Gasteiger partial charge in [-0.3, -0.25) is 4.79 Å². The maximum atomic E-state index is 13.0. The van der Waals surface area contributed by atoms with Gasteiger partial charge in [-0.15, -0.1) is 0 Å². The number of carbonyl (C=O) groups excluding carboxylic acids is 3. The Labute approximate surface area is 166 Å². The molecule has 1 heterocycles. The standard InChI is InChI=1S/C21H30N2O5/c1-20(2,3)28-17(24)16-12-9-13-23(16)18(25)21(4,5)22-19(26)27-14-15-10-7-6-8-11-15/h6-8,10-11,16H,9,12-14H2,1-5H3,(H,22,26). The molecule has 154 valence electrons. The van der Waals surface area contributed by atoms with E-state index in [0.29, 0.717) is 19.4 Å². The van der Waals surface area contributed by atoms with Crippen molar-refractivity contribution in [3.8, 4) is 0 Å². The Morgan fingerprint density at radius 3 is 2.36 bits per heavy atom. The molecule has 1 unspecified atom stereocenters. The van der Waals surface area contributed by atoms with Gasteiger partial charge >= 0.3 is 12.1 Å². The van der Waals surface area contributed by atoms with Crippen LogP contribution in [0.4, 0.5) is 4.79 Å². The van der Waals surface area contributed by atoms with E-state index in [1.807, 2.05) is 30.3 Å². The van der Waals surface area contributed by atoms with Gasteiger partial charge in [-0.2, -0.15) is 0 Å². The average Bonchev–Trinajstić information content (AvgIpc) is 3.08. The summed E-state index contributed by atoms with van der Waals surface area (Å²) in [6.07, 6.45) is 0.578. The fourth-order valence-electron chi connectivity index (χ4n) is 3.05. The third-order valence-corrected chi connectivity index (χ3v) is 4.35. The molecule has 0 spiro atoms. The molecule has 7 nitrogen and oxygen atoms in total. The molecule has 0 radical (unpaired) electrons. The fraction of sp³-hybridized carbons (Fsp3) is 0.571. The summed E-state index contributed by atoms with van der Waals surface area (Å²) in [5.41, 5.74) is -0.979. The van der Waals surface area contributed by atoms with Gasteiger partial charge in [-0.1, -0.05) is 30.3 Å². The number of amides is 2. The number of carbonyl (C=O) groups is 3. The molecule has 1 aromatic carbocycles. The summed E-state index contributed by atoms with van der Waals surface area (Å²) >= 11 is 0. The maximum absolute atomic E-state index is 13.0. The number of nitrogens with zero attached hydrogens (tertiary/aromatic N) is 1. The van der Waals surface area contributed by atoms with Crippen LogP contribution < -0.4 is 5.32 Å². The highest BCUT2D eigenvalue weighted by Crippen LogP contribution is 2.24. The molecular formula is C21H30N2O5. The Kier molecular flexibility index (Phi) is 6.69. The van der Waals surface area contributed by atoms with Crippen LogP contribution in [0.5, 0.6) is 0 Å². The van der Waals surface area contributed by atoms with E-state index in [4.69, 9.17) is 9.47 Å². The summed E-state index contributed by atoms with van der Waals surface area (Å²) in [4.78, 5) is 39.1. The van der Waals surface area contributed by atoms with Gasteiger partial charge in [0.05, 0.1) is 0 Å². The summed E-state index contributed by atoms with van der Waals surface area (Å²) in [6.45, 7) is 9.14. The molecule has 1 saturated heterocycles. The highest BCUT2D eigenvalue weighted by Gasteiger charge is 2.43. The lowest BCUT2D eigenvalue weighted by Gasteiger charge is -2.33. The Morgan fingerprint density at radius 1 is 1.11 bits per heavy atom. The van der Waals surface area contributed by atoms with Crippen LogP contribution in [0, 0.1) is 0 Å². The molecule has 1 aliphatic heterocycles. The van der Waals surface area contributed by atoms with Crippen LogP contribution >= 0.6 is 0 Å². The van der Waals surface area contributed by atoms with Crippen LogP contribution in [0.2, 0.25) is 0 Å². The lowest BCUT2D eigenvalue weighted by molar-refractivity contribution is -0.164. The number of hydrogen-bond acceptors (Lipinski definition) is 5. The maximum Gasteiger partial charge on any atom is 0.408 e. The molecule has 1 aliphatic rings. The van der Waals surface area contributed by atoms with Gasteiger partial charge in [0.15, 0.2) is 0 Å². The number of likely N-dealkylation sites (tertiary alicyclic amines) is 1. The van der Waals surface area contributed by atoms with Crippen molar-refractivity contribution in [1.82, 2.24) is 10.2 Å². The largest absolute Gasteiger partial charge is 0.458 e. The first-order chi connectivity index (χ1) is 13.0. The van der Waals surface area contributed by atoms with E-state index in [2.05, 4.69) is 5.32 Å². The van der Waals surface area contributed by atoms with Gasteiger partial charge in [-0.25, -0.2) is 9.59 Å². The van der Waals surface area contributed by atoms with Gasteiger partial charge in [0.1, 0.15) is 23.8 Å². The Morgan fingerprint density at radius 2 is 1.75 bits per heavy atom. The smallest absolute Gasteiger partial charge is 0.408 e. The Balaban J connectivity index is 1.96. The second-order valence-corrected chi connectivity index (χ2v) is 8.50. The van der Waals surface area contributed by atoms with E-state index >= 15 is 0 Å². The minimum Gasteiger partial charge on any atom is -0.458 e. The lowest BCUT2D eigenvalue weighted by atomic mass is 10.0. The van der Waals surface area contributed by atoms with Crippen molar-refractivity contribution in [3.63, 3.8) is 0 Å². The molecule has 0 aliphatic carbocycles. The highest BCUT2D eigenvalue weighted by molar-refractivity contribution is 5.92. The van der Waals surface area contributed by atoms with Crippen LogP contribution in [0.15, 0.2) is 30.3 Å². The normalized spacial score (nSPS) is 17.2. The van der Waals surface area contributed by atoms with E-state index in [1.54, 1.807) is 34.6 Å². The van der Waals surface area contributed by atoms with E-state index < -0.39 is 29.2 Å². The molecule has 1 N–H and O–H groups in total. The minimum absolute atomic E-state index is 0.112. The Hall–Kier alpha value is -2.57. The topological polar surface area (TPSA) is 84.9 Å². The van der Waals surface area contributed by atoms with Gasteiger partial charge < -0.3 is 19.7 Å². The quantitative estimate of drug-likeness (QED) is 0.781. The summed E-state index contributed by atoms with van der Waals surface area (Å²) in [5, 5.41) is 2.61. The van der Waals surface area contributed by atoms with Gasteiger partial charge in [0, 0.05) is 6.54 Å². The van der Waals surface area contributed by atoms with Crippen LogP contribution in [0.1, 0.15) is 53.0 Å². The number of benzene rings is 1. The zero-order valence-corrected chi connectivity index (χ0v) is 17.3. The van der Waals surface area contributed by atoms with Gasteiger partial charge in [0.2, 0.25) is 5.91 Å². The molecule has 7 heteroatoms. The number of alkyl carbamates (subject to hydrolysis) is 1. The fourth-order valence-corrected chi connectivity index (χ4v) is 3.05. The van der Waals surface area contributed by atoms with Crippen molar-refractivity contribution in [2.75, 3.05) is 6.54 Å². The molecule has 1 fully saturated rings. The molecule has 28 heavy (non-hydrogen) atoms. The summed E-state index contributed by atoms with van der Waals surface area (Å²) in [5.74, 6) is -0.752. The third kappa shape index (κ3) is 5.97. The van der Waals surface area contributed by atoms with Crippen LogP contribution in [-0.4, -0.2) is 46.6 Å². The first-order valence-electron chi connectivity index (χ1n) is 9.52. The number of ether oxygens (including phenoxy) is 2. The predicted octanol–water partition coefficient (Wildman–Crippen LogP) is 3.02. The SMILES string of the molecule is CC(C)(C)OC(=O)C1CCCN1C(=O)C(C)(C)NC(=O)OCc1ccccc1. The highest BCUT2D eigenvalue weighted by atomic mass is 16.6. The van der Waals surface area contributed by atoms with E-state index in [9.17, 15) is 14.4 Å². The van der Waals surface area contributed by atoms with Crippen molar-refractivity contribution in [3.05, 3.63) is 35.9 Å². The monoisotopic (exact) mass is 390 g/mol. The first-order valence-corrected chi connectivity index (χ1v) is 9.52. The molecule has 1 aromatic rings. The summed E-state index contributed by atoms with van der Waals surface area (Å²) in [7, 11) is 0. The zero-order valence-electron chi connectivity index (χ0n) is 17.3. The minimum atomic E-state index is -1.21. The number of esters is 1. The van der Waals surface area contributed by atoms with Crippen molar-refractivity contribution < 1.29 is 23.9 Å².